The van der Waals surface area contributed by atoms with Crippen molar-refractivity contribution in [3.63, 3.8) is 0 Å². The Morgan fingerprint density at radius 1 is 1.47 bits per heavy atom. The third kappa shape index (κ3) is 3.47. The van der Waals surface area contributed by atoms with Crippen molar-refractivity contribution in [2.45, 2.75) is 33.0 Å². The lowest BCUT2D eigenvalue weighted by molar-refractivity contribution is 0.234. The molecule has 0 fully saturated rings. The fourth-order valence-corrected chi connectivity index (χ4v) is 3.01. The van der Waals surface area contributed by atoms with Gasteiger partial charge in [0.25, 0.3) is 0 Å². The summed E-state index contributed by atoms with van der Waals surface area (Å²) >= 11 is 1.80. The molecule has 0 aliphatic rings. The quantitative estimate of drug-likeness (QED) is 0.875. The van der Waals surface area contributed by atoms with Crippen molar-refractivity contribution in [3.8, 4) is 0 Å². The van der Waals surface area contributed by atoms with Crippen molar-refractivity contribution in [1.82, 2.24) is 10.2 Å². The maximum Gasteiger partial charge on any atom is 0.118 e. The van der Waals surface area contributed by atoms with Gasteiger partial charge in [-0.25, -0.2) is 0 Å². The van der Waals surface area contributed by atoms with Gasteiger partial charge < -0.3 is 9.73 Å². The zero-order chi connectivity index (χ0) is 13.8. The molecule has 2 heterocycles. The Morgan fingerprint density at radius 2 is 2.26 bits per heavy atom. The van der Waals surface area contributed by atoms with Gasteiger partial charge in [0, 0.05) is 23.0 Å². The second-order valence-electron chi connectivity index (χ2n) is 4.93. The molecule has 0 radical (unpaired) electrons. The molecule has 0 saturated carbocycles. The van der Waals surface area contributed by atoms with E-state index < -0.39 is 0 Å². The minimum Gasteiger partial charge on any atom is -0.465 e. The molecule has 104 valence electrons. The first-order chi connectivity index (χ1) is 9.11. The summed E-state index contributed by atoms with van der Waals surface area (Å²) in [6.45, 7) is 5.96. The van der Waals surface area contributed by atoms with Gasteiger partial charge in [-0.1, -0.05) is 6.07 Å². The lowest BCUT2D eigenvalue weighted by atomic mass is 10.2. The molecule has 0 aliphatic carbocycles. The SMILES string of the molecule is CNCc1cc(CN(C)C(C)c2cccs2)oc1C. The summed E-state index contributed by atoms with van der Waals surface area (Å²) < 4.78 is 5.83. The van der Waals surface area contributed by atoms with Crippen molar-refractivity contribution in [2.24, 2.45) is 0 Å². The second kappa shape index (κ2) is 6.37. The van der Waals surface area contributed by atoms with Crippen LogP contribution in [0.25, 0.3) is 0 Å². The summed E-state index contributed by atoms with van der Waals surface area (Å²) in [7, 11) is 4.09. The Morgan fingerprint density at radius 3 is 2.89 bits per heavy atom. The molecule has 2 aromatic heterocycles. The molecular weight excluding hydrogens is 256 g/mol. The van der Waals surface area contributed by atoms with Crippen LogP contribution in [0.15, 0.2) is 28.0 Å². The van der Waals surface area contributed by atoms with Crippen LogP contribution in [0.4, 0.5) is 0 Å². The number of nitrogens with one attached hydrogen (secondary N) is 1. The number of hydrogen-bond acceptors (Lipinski definition) is 4. The molecule has 19 heavy (non-hydrogen) atoms. The summed E-state index contributed by atoms with van der Waals surface area (Å²) in [5, 5.41) is 5.29. The van der Waals surface area contributed by atoms with Gasteiger partial charge in [0.1, 0.15) is 11.5 Å². The van der Waals surface area contributed by atoms with E-state index in [0.717, 1.165) is 24.6 Å². The highest BCUT2D eigenvalue weighted by molar-refractivity contribution is 7.10. The van der Waals surface area contributed by atoms with Gasteiger partial charge in [0.05, 0.1) is 6.54 Å². The van der Waals surface area contributed by atoms with Crippen LogP contribution >= 0.6 is 11.3 Å². The molecule has 1 unspecified atom stereocenters. The van der Waals surface area contributed by atoms with Crippen LogP contribution in [0.2, 0.25) is 0 Å². The maximum atomic E-state index is 5.83. The Hall–Kier alpha value is -1.10. The van der Waals surface area contributed by atoms with E-state index in [0.29, 0.717) is 6.04 Å². The fraction of sp³-hybridized carbons (Fsp3) is 0.467. The minimum atomic E-state index is 0.415. The minimum absolute atomic E-state index is 0.415. The fourth-order valence-electron chi connectivity index (χ4n) is 2.16. The Labute approximate surface area is 119 Å². The van der Waals surface area contributed by atoms with Crippen LogP contribution < -0.4 is 5.32 Å². The highest BCUT2D eigenvalue weighted by atomic mass is 32.1. The van der Waals surface area contributed by atoms with Gasteiger partial charge in [-0.2, -0.15) is 0 Å². The third-order valence-electron chi connectivity index (χ3n) is 3.46. The van der Waals surface area contributed by atoms with Gasteiger partial charge in [-0.15, -0.1) is 11.3 Å². The maximum absolute atomic E-state index is 5.83. The smallest absolute Gasteiger partial charge is 0.118 e. The van der Waals surface area contributed by atoms with E-state index in [2.05, 4.69) is 47.8 Å². The second-order valence-corrected chi connectivity index (χ2v) is 5.91. The van der Waals surface area contributed by atoms with Crippen molar-refractivity contribution >= 4 is 11.3 Å². The normalized spacial score (nSPS) is 13.1. The molecule has 0 amide bonds. The number of nitrogens with zero attached hydrogens (tertiary/aromatic N) is 1. The standard InChI is InChI=1S/C15H22N2OS/c1-11(15-6-5-7-19-15)17(4)10-14-8-13(9-16-3)12(2)18-14/h5-8,11,16H,9-10H2,1-4H3. The highest BCUT2D eigenvalue weighted by Crippen LogP contribution is 2.25. The average Bonchev–Trinajstić information content (AvgIpc) is 3.00. The number of hydrogen-bond donors (Lipinski definition) is 1. The predicted molar refractivity (Wildman–Crippen MR) is 80.4 cm³/mol. The highest BCUT2D eigenvalue weighted by Gasteiger charge is 2.15. The molecule has 2 rings (SSSR count). The number of aryl methyl sites for hydroxylation is 1. The third-order valence-corrected chi connectivity index (χ3v) is 4.50. The molecule has 2 aromatic rings. The van der Waals surface area contributed by atoms with Crippen molar-refractivity contribution in [1.29, 1.82) is 0 Å². The van der Waals surface area contributed by atoms with Crippen molar-refractivity contribution in [2.75, 3.05) is 14.1 Å². The molecule has 1 N–H and O–H groups in total. The monoisotopic (exact) mass is 278 g/mol. The van der Waals surface area contributed by atoms with E-state index in [1.807, 2.05) is 14.0 Å². The Balaban J connectivity index is 2.02. The van der Waals surface area contributed by atoms with Crippen LogP contribution in [0.5, 0.6) is 0 Å². The Kier molecular flexibility index (Phi) is 4.80. The van der Waals surface area contributed by atoms with Gasteiger partial charge >= 0.3 is 0 Å². The van der Waals surface area contributed by atoms with Crippen LogP contribution in [-0.2, 0) is 13.1 Å². The number of thiophene rings is 1. The molecule has 1 atom stereocenters. The molecular formula is C15H22N2OS. The number of furan rings is 1. The van der Waals surface area contributed by atoms with E-state index in [-0.39, 0.29) is 0 Å². The molecule has 0 saturated heterocycles. The first kappa shape index (κ1) is 14.3. The van der Waals surface area contributed by atoms with E-state index in [4.69, 9.17) is 4.42 Å². The largest absolute Gasteiger partial charge is 0.465 e. The summed E-state index contributed by atoms with van der Waals surface area (Å²) in [5.74, 6) is 2.05. The van der Waals surface area contributed by atoms with E-state index >= 15 is 0 Å². The van der Waals surface area contributed by atoms with Crippen molar-refractivity contribution < 1.29 is 4.42 Å². The average molecular weight is 278 g/mol. The zero-order valence-electron chi connectivity index (χ0n) is 12.1. The first-order valence-electron chi connectivity index (χ1n) is 6.58. The van der Waals surface area contributed by atoms with Crippen LogP contribution in [0.1, 0.15) is 34.9 Å². The predicted octanol–water partition coefficient (Wildman–Crippen LogP) is 3.56. The lowest BCUT2D eigenvalue weighted by Crippen LogP contribution is -2.20. The summed E-state index contributed by atoms with van der Waals surface area (Å²) in [5.41, 5.74) is 1.25. The first-order valence-corrected chi connectivity index (χ1v) is 7.46. The van der Waals surface area contributed by atoms with Crippen molar-refractivity contribution in [3.05, 3.63) is 45.5 Å². The van der Waals surface area contributed by atoms with Gasteiger partial charge in [-0.05, 0) is 45.5 Å². The van der Waals surface area contributed by atoms with Crippen LogP contribution in [0.3, 0.4) is 0 Å². The molecule has 0 spiro atoms. The molecule has 0 bridgehead atoms. The zero-order valence-corrected chi connectivity index (χ0v) is 12.9. The molecule has 0 aromatic carbocycles. The Bertz CT molecular complexity index is 504. The van der Waals surface area contributed by atoms with Gasteiger partial charge in [0.15, 0.2) is 0 Å². The number of rotatable bonds is 6. The van der Waals surface area contributed by atoms with Crippen LogP contribution in [-0.4, -0.2) is 19.0 Å². The van der Waals surface area contributed by atoms with E-state index in [1.54, 1.807) is 11.3 Å². The summed E-state index contributed by atoms with van der Waals surface area (Å²) in [4.78, 5) is 3.70. The van der Waals surface area contributed by atoms with E-state index in [1.165, 1.54) is 10.4 Å². The van der Waals surface area contributed by atoms with Crippen LogP contribution in [0, 0.1) is 6.92 Å². The lowest BCUT2D eigenvalue weighted by Gasteiger charge is -2.22. The summed E-state index contributed by atoms with van der Waals surface area (Å²) in [6, 6.07) is 6.86. The van der Waals surface area contributed by atoms with Gasteiger partial charge in [-0.3, -0.25) is 4.90 Å². The topological polar surface area (TPSA) is 28.4 Å². The van der Waals surface area contributed by atoms with Gasteiger partial charge in [0.2, 0.25) is 0 Å². The molecule has 4 heteroatoms. The summed E-state index contributed by atoms with van der Waals surface area (Å²) in [6.07, 6.45) is 0. The molecule has 3 nitrogen and oxygen atoms in total. The molecule has 0 aliphatic heterocycles. The van der Waals surface area contributed by atoms with E-state index in [9.17, 15) is 0 Å².